The zero-order chi connectivity index (χ0) is 7.68. The summed E-state index contributed by atoms with van der Waals surface area (Å²) in [6.07, 6.45) is 10.5. The molecule has 0 aromatic heterocycles. The fraction of sp³-hybridized carbons (Fsp3) is 0.222. The average molecular weight is 147 g/mol. The van der Waals surface area contributed by atoms with Gasteiger partial charge in [0.2, 0.25) is 5.91 Å². The van der Waals surface area contributed by atoms with E-state index in [1.807, 2.05) is 24.3 Å². The van der Waals surface area contributed by atoms with Crippen molar-refractivity contribution in [3.05, 3.63) is 36.1 Å². The molecule has 11 heavy (non-hydrogen) atoms. The summed E-state index contributed by atoms with van der Waals surface area (Å²) in [6, 6.07) is 0. The van der Waals surface area contributed by atoms with Crippen molar-refractivity contribution in [3.8, 4) is 0 Å². The summed E-state index contributed by atoms with van der Waals surface area (Å²) in [5.74, 6) is 0.174. The van der Waals surface area contributed by atoms with Crippen LogP contribution in [0.4, 0.5) is 0 Å². The minimum Gasteiger partial charge on any atom is -0.332 e. The molecule has 1 atom stereocenters. The van der Waals surface area contributed by atoms with Gasteiger partial charge in [0.05, 0.1) is 5.92 Å². The van der Waals surface area contributed by atoms with Crippen LogP contribution in [0, 0.1) is 5.92 Å². The largest absolute Gasteiger partial charge is 0.332 e. The van der Waals surface area contributed by atoms with Gasteiger partial charge < -0.3 is 5.32 Å². The Hall–Kier alpha value is -1.31. The van der Waals surface area contributed by atoms with E-state index in [1.54, 1.807) is 6.20 Å². The fourth-order valence-electron chi connectivity index (χ4n) is 1.40. The Morgan fingerprint density at radius 1 is 1.55 bits per heavy atom. The van der Waals surface area contributed by atoms with Crippen LogP contribution in [0.1, 0.15) is 6.42 Å². The maximum absolute atomic E-state index is 11.2. The van der Waals surface area contributed by atoms with Crippen LogP contribution >= 0.6 is 0 Å². The molecule has 0 aromatic carbocycles. The molecule has 1 heterocycles. The maximum Gasteiger partial charge on any atom is 0.231 e. The highest BCUT2D eigenvalue weighted by Crippen LogP contribution is 2.23. The number of rotatable bonds is 0. The predicted molar refractivity (Wildman–Crippen MR) is 42.6 cm³/mol. The van der Waals surface area contributed by atoms with Gasteiger partial charge in [0.15, 0.2) is 0 Å². The highest BCUT2D eigenvalue weighted by Gasteiger charge is 2.23. The van der Waals surface area contributed by atoms with Crippen molar-refractivity contribution >= 4 is 5.91 Å². The summed E-state index contributed by atoms with van der Waals surface area (Å²) in [7, 11) is 0. The van der Waals surface area contributed by atoms with Crippen molar-refractivity contribution in [3.63, 3.8) is 0 Å². The third-order valence-corrected chi connectivity index (χ3v) is 2.02. The van der Waals surface area contributed by atoms with E-state index >= 15 is 0 Å². The summed E-state index contributed by atoms with van der Waals surface area (Å²) < 4.78 is 0. The van der Waals surface area contributed by atoms with Crippen LogP contribution in [0.2, 0.25) is 0 Å². The second-order valence-corrected chi connectivity index (χ2v) is 2.73. The minimum atomic E-state index is 0.0602. The first-order valence-electron chi connectivity index (χ1n) is 3.71. The molecule has 0 fully saturated rings. The topological polar surface area (TPSA) is 29.1 Å². The Morgan fingerprint density at radius 3 is 3.27 bits per heavy atom. The smallest absolute Gasteiger partial charge is 0.231 e. The normalized spacial score (nSPS) is 27.5. The second-order valence-electron chi connectivity index (χ2n) is 2.73. The summed E-state index contributed by atoms with van der Waals surface area (Å²) >= 11 is 0. The first kappa shape index (κ1) is 6.40. The first-order valence-corrected chi connectivity index (χ1v) is 3.71. The molecule has 0 radical (unpaired) electrons. The molecule has 56 valence electrons. The van der Waals surface area contributed by atoms with Gasteiger partial charge in [0.25, 0.3) is 0 Å². The molecule has 1 aliphatic carbocycles. The van der Waals surface area contributed by atoms with Crippen LogP contribution in [0.15, 0.2) is 36.1 Å². The lowest BCUT2D eigenvalue weighted by atomic mass is 9.89. The SMILES string of the molecule is O=C1NC=CC2=CC=CCC12. The summed E-state index contributed by atoms with van der Waals surface area (Å²) in [5.41, 5.74) is 1.12. The molecule has 0 spiro atoms. The number of hydrogen-bond acceptors (Lipinski definition) is 1. The van der Waals surface area contributed by atoms with Gasteiger partial charge in [-0.1, -0.05) is 18.2 Å². The van der Waals surface area contributed by atoms with Gasteiger partial charge in [-0.15, -0.1) is 0 Å². The number of hydrogen-bond donors (Lipinski definition) is 1. The van der Waals surface area contributed by atoms with Gasteiger partial charge in [-0.3, -0.25) is 4.79 Å². The highest BCUT2D eigenvalue weighted by atomic mass is 16.1. The molecule has 1 unspecified atom stereocenters. The first-order chi connectivity index (χ1) is 5.38. The van der Waals surface area contributed by atoms with Crippen molar-refractivity contribution in [1.82, 2.24) is 5.32 Å². The molecule has 0 aromatic rings. The second kappa shape index (κ2) is 2.38. The van der Waals surface area contributed by atoms with E-state index < -0.39 is 0 Å². The maximum atomic E-state index is 11.2. The number of allylic oxidation sites excluding steroid dienone is 4. The van der Waals surface area contributed by atoms with Crippen molar-refractivity contribution < 1.29 is 4.79 Å². The van der Waals surface area contributed by atoms with Crippen LogP contribution in [-0.2, 0) is 4.79 Å². The van der Waals surface area contributed by atoms with Crippen LogP contribution in [-0.4, -0.2) is 5.91 Å². The lowest BCUT2D eigenvalue weighted by Crippen LogP contribution is -2.31. The quantitative estimate of drug-likeness (QED) is 0.546. The Kier molecular flexibility index (Phi) is 1.39. The van der Waals surface area contributed by atoms with E-state index in [1.165, 1.54) is 0 Å². The zero-order valence-corrected chi connectivity index (χ0v) is 6.08. The van der Waals surface area contributed by atoms with E-state index in [-0.39, 0.29) is 11.8 Å². The number of carbonyl (C=O) groups excluding carboxylic acids is 1. The molecule has 2 rings (SSSR count). The van der Waals surface area contributed by atoms with Gasteiger partial charge in [-0.2, -0.15) is 0 Å². The van der Waals surface area contributed by atoms with E-state index in [4.69, 9.17) is 0 Å². The Bertz CT molecular complexity index is 273. The summed E-state index contributed by atoms with van der Waals surface area (Å²) in [4.78, 5) is 11.2. The summed E-state index contributed by atoms with van der Waals surface area (Å²) in [6.45, 7) is 0. The Morgan fingerprint density at radius 2 is 2.45 bits per heavy atom. The van der Waals surface area contributed by atoms with Crippen LogP contribution in [0.3, 0.4) is 0 Å². The molecule has 2 aliphatic rings. The van der Waals surface area contributed by atoms with Gasteiger partial charge in [-0.25, -0.2) is 0 Å². The lowest BCUT2D eigenvalue weighted by molar-refractivity contribution is -0.123. The Balaban J connectivity index is 2.36. The number of carbonyl (C=O) groups is 1. The van der Waals surface area contributed by atoms with Crippen molar-refractivity contribution in [2.45, 2.75) is 6.42 Å². The molecule has 1 amide bonds. The third-order valence-electron chi connectivity index (χ3n) is 2.02. The third kappa shape index (κ3) is 1.00. The monoisotopic (exact) mass is 147 g/mol. The number of amides is 1. The van der Waals surface area contributed by atoms with Gasteiger partial charge in [-0.05, 0) is 18.1 Å². The summed E-state index contributed by atoms with van der Waals surface area (Å²) in [5, 5.41) is 2.69. The molecule has 2 nitrogen and oxygen atoms in total. The zero-order valence-electron chi connectivity index (χ0n) is 6.08. The van der Waals surface area contributed by atoms with Crippen molar-refractivity contribution in [2.75, 3.05) is 0 Å². The lowest BCUT2D eigenvalue weighted by Gasteiger charge is -2.20. The Labute approximate surface area is 65.3 Å². The standard InChI is InChI=1S/C9H9NO/c11-9-8-4-2-1-3-7(8)5-6-10-9/h1-3,5-6,8H,4H2,(H,10,11). The van der Waals surface area contributed by atoms with Crippen molar-refractivity contribution in [2.24, 2.45) is 5.92 Å². The fourth-order valence-corrected chi connectivity index (χ4v) is 1.40. The highest BCUT2D eigenvalue weighted by molar-refractivity contribution is 5.85. The molecular weight excluding hydrogens is 138 g/mol. The number of fused-ring (bicyclic) bond motifs is 1. The molecule has 2 heteroatoms. The van der Waals surface area contributed by atoms with E-state index in [0.717, 1.165) is 12.0 Å². The van der Waals surface area contributed by atoms with Crippen LogP contribution in [0.5, 0.6) is 0 Å². The molecule has 0 saturated heterocycles. The van der Waals surface area contributed by atoms with Gasteiger partial charge in [0.1, 0.15) is 0 Å². The van der Waals surface area contributed by atoms with Crippen LogP contribution in [0.25, 0.3) is 0 Å². The van der Waals surface area contributed by atoms with E-state index in [0.29, 0.717) is 0 Å². The predicted octanol–water partition coefficient (Wildman–Crippen LogP) is 1.13. The van der Waals surface area contributed by atoms with E-state index in [9.17, 15) is 4.79 Å². The number of nitrogens with one attached hydrogen (secondary N) is 1. The van der Waals surface area contributed by atoms with Gasteiger partial charge in [0, 0.05) is 6.20 Å². The molecule has 0 bridgehead atoms. The van der Waals surface area contributed by atoms with E-state index in [2.05, 4.69) is 5.32 Å². The molecule has 0 saturated carbocycles. The van der Waals surface area contributed by atoms with Crippen LogP contribution < -0.4 is 5.32 Å². The molecule has 1 N–H and O–H groups in total. The molecular formula is C9H9NO. The van der Waals surface area contributed by atoms with Gasteiger partial charge >= 0.3 is 0 Å². The van der Waals surface area contributed by atoms with Crippen molar-refractivity contribution in [1.29, 1.82) is 0 Å². The molecule has 1 aliphatic heterocycles. The minimum absolute atomic E-state index is 0.0602. The average Bonchev–Trinajstić information content (AvgIpc) is 2.06.